The molecule has 2 aromatic rings. The Bertz CT molecular complexity index is 3300. The largest absolute Gasteiger partial charge is 0.417 e. The summed E-state index contributed by atoms with van der Waals surface area (Å²) in [7, 11) is 12.7. The van der Waals surface area contributed by atoms with E-state index in [-0.39, 0.29) is 62.5 Å². The van der Waals surface area contributed by atoms with Crippen LogP contribution < -0.4 is 16.0 Å². The van der Waals surface area contributed by atoms with E-state index < -0.39 is 173 Å². The van der Waals surface area contributed by atoms with E-state index in [1.807, 2.05) is 20.8 Å². The molecule has 3 N–H and O–H groups in total. The fraction of sp³-hybridized carbons (Fsp3) is 0.681. The summed E-state index contributed by atoms with van der Waals surface area (Å²) in [4.78, 5) is 194. The van der Waals surface area contributed by atoms with E-state index in [0.29, 0.717) is 37.7 Å². The van der Waals surface area contributed by atoms with Crippen molar-refractivity contribution < 1.29 is 70.7 Å². The molecule has 0 unspecified atom stereocenters. The van der Waals surface area contributed by atoms with Crippen LogP contribution in [0, 0.1) is 23.7 Å². The van der Waals surface area contributed by atoms with E-state index in [0.717, 1.165) is 58.9 Å². The van der Waals surface area contributed by atoms with Gasteiger partial charge in [0.1, 0.15) is 60.4 Å². The second-order valence-electron chi connectivity index (χ2n) is 28.9. The SMILES string of the molecule is CC[C@H](C)[C@@H]1NC(=O)[C@H](CC(C)C)N(C)C(=O)C[C@@H](C(=O)N(C)C)N(C)C(=O)[C@H](C2CCCC2)N(C)C(=O)[C@H](C)NC(=O)[C@H](Cc2ccncc2)N(C)C(=O)[C@H](CCc2ccc(C(F)(F)F)c(Cl)c2)NC(=O)CN(C)C(=O)[C@H](CC2CCCCC2)N(C)C(=O)[C@@H]2CCN2C(=O)[C@H](C)N(C)C1=O. The van der Waals surface area contributed by atoms with Crippen LogP contribution in [0.3, 0.4) is 0 Å². The zero-order valence-corrected chi connectivity index (χ0v) is 62.2. The van der Waals surface area contributed by atoms with Crippen LogP contribution in [-0.2, 0) is 76.6 Å². The van der Waals surface area contributed by atoms with Crippen LogP contribution in [0.15, 0.2) is 42.7 Å². The van der Waals surface area contributed by atoms with Crippen molar-refractivity contribution in [1.29, 1.82) is 0 Å². The van der Waals surface area contributed by atoms with Crippen molar-refractivity contribution in [3.63, 3.8) is 0 Å². The number of amides is 12. The Labute approximate surface area is 597 Å². The average Bonchev–Trinajstić information content (AvgIpc) is 1.34. The normalized spacial score (nSPS) is 26.6. The van der Waals surface area contributed by atoms with Crippen molar-refractivity contribution >= 4 is 82.5 Å². The van der Waals surface area contributed by atoms with Crippen LogP contribution in [0.2, 0.25) is 5.02 Å². The predicted molar refractivity (Wildman–Crippen MR) is 372 cm³/mol. The molecule has 0 spiro atoms. The first-order valence-electron chi connectivity index (χ1n) is 35.4. The zero-order valence-electron chi connectivity index (χ0n) is 61.4. The molecule has 1 aromatic carbocycles. The number of hydrogen-bond acceptors (Lipinski definition) is 13. The Hall–Kier alpha value is -7.91. The lowest BCUT2D eigenvalue weighted by molar-refractivity contribution is -0.160. The number of aromatic nitrogens is 1. The predicted octanol–water partition coefficient (Wildman–Crippen LogP) is 5.19. The zero-order chi connectivity index (χ0) is 75.2. The summed E-state index contributed by atoms with van der Waals surface area (Å²) in [6.45, 7) is 9.67. The smallest absolute Gasteiger partial charge is 0.347 e. The number of pyridine rings is 1. The number of aryl methyl sites for hydroxylation is 1. The summed E-state index contributed by atoms with van der Waals surface area (Å²) < 4.78 is 41.7. The molecule has 2 aliphatic carbocycles. The van der Waals surface area contributed by atoms with Gasteiger partial charge in [-0.05, 0) is 118 Å². The lowest BCUT2D eigenvalue weighted by atomic mass is 9.84. The number of nitrogens with zero attached hydrogens (tertiary/aromatic N) is 10. The molecule has 2 saturated carbocycles. The van der Waals surface area contributed by atoms with Gasteiger partial charge in [0.25, 0.3) is 0 Å². The second kappa shape index (κ2) is 36.3. The Morgan fingerprint density at radius 1 is 0.653 bits per heavy atom. The quantitative estimate of drug-likeness (QED) is 0.233. The minimum atomic E-state index is -4.78. The summed E-state index contributed by atoms with van der Waals surface area (Å²) in [6.07, 6.45) is 4.58. The van der Waals surface area contributed by atoms with Gasteiger partial charge >= 0.3 is 6.18 Å². The third kappa shape index (κ3) is 20.7. The van der Waals surface area contributed by atoms with E-state index >= 15 is 19.2 Å². The third-order valence-corrected chi connectivity index (χ3v) is 21.5. The van der Waals surface area contributed by atoms with Gasteiger partial charge in [0.05, 0.1) is 23.6 Å². The molecule has 0 bridgehead atoms. The minimum Gasteiger partial charge on any atom is -0.347 e. The molecule has 12 amide bonds. The molecule has 4 fully saturated rings. The molecule has 3 heterocycles. The van der Waals surface area contributed by atoms with Crippen molar-refractivity contribution in [2.75, 3.05) is 76.5 Å². The van der Waals surface area contributed by atoms with E-state index in [2.05, 4.69) is 20.9 Å². The topological polar surface area (TPSA) is 283 Å². The van der Waals surface area contributed by atoms with Gasteiger partial charge in [0.15, 0.2) is 0 Å². The van der Waals surface area contributed by atoms with Crippen LogP contribution in [0.4, 0.5) is 13.2 Å². The number of nitrogens with one attached hydrogen (secondary N) is 3. The molecule has 2 saturated heterocycles. The van der Waals surface area contributed by atoms with Crippen molar-refractivity contribution in [3.05, 3.63) is 64.4 Å². The molecule has 6 rings (SSSR count). The molecule has 29 heteroatoms. The molecule has 560 valence electrons. The van der Waals surface area contributed by atoms with Crippen molar-refractivity contribution in [2.45, 2.75) is 217 Å². The molecule has 4 aliphatic rings. The monoisotopic (exact) mass is 1440 g/mol. The maximum atomic E-state index is 15.3. The molecule has 0 radical (unpaired) electrons. The highest BCUT2D eigenvalue weighted by Crippen LogP contribution is 2.37. The molecular weight excluding hydrogens is 1330 g/mol. The van der Waals surface area contributed by atoms with Crippen molar-refractivity contribution in [2.24, 2.45) is 23.7 Å². The lowest BCUT2D eigenvalue weighted by Crippen LogP contribution is -2.65. The van der Waals surface area contributed by atoms with Crippen LogP contribution >= 0.6 is 11.6 Å². The maximum absolute atomic E-state index is 15.3. The van der Waals surface area contributed by atoms with Gasteiger partial charge in [-0.3, -0.25) is 62.5 Å². The number of carbonyl (C=O) groups is 12. The fourth-order valence-corrected chi connectivity index (χ4v) is 14.6. The van der Waals surface area contributed by atoms with Crippen LogP contribution in [0.1, 0.15) is 155 Å². The number of alkyl halides is 3. The Morgan fingerprint density at radius 3 is 1.82 bits per heavy atom. The first-order valence-corrected chi connectivity index (χ1v) is 35.8. The van der Waals surface area contributed by atoms with Gasteiger partial charge in [0, 0.05) is 88.8 Å². The molecule has 101 heavy (non-hydrogen) atoms. The second-order valence-corrected chi connectivity index (χ2v) is 29.4. The fourth-order valence-electron chi connectivity index (χ4n) is 14.2. The van der Waals surface area contributed by atoms with E-state index in [4.69, 9.17) is 11.6 Å². The number of hydrogen-bond donors (Lipinski definition) is 3. The summed E-state index contributed by atoms with van der Waals surface area (Å²) >= 11 is 6.16. The Balaban J connectivity index is 1.45. The summed E-state index contributed by atoms with van der Waals surface area (Å²) in [5.41, 5.74) is -0.320. The standard InChI is InChI=1S/C72H107ClF3N13O12/c1-16-43(4)60-70(100)83(10)45(6)65(95)89-35-32-53(89)69(99)86(13)56(39-46-22-18-17-19-23-46)68(98)82(9)41-58(90)79-52(29-27-47-26-28-50(51(73)37-47)72(74,75)76)66(96)85(12)55(38-48-30-33-77-34-31-48)62(92)78-44(5)64(94)88(15)61(49-24-20-21-25-49)71(101)87(14)57(67(97)81(7)8)40-59(91)84(11)54(36-42(2)3)63(93)80-60/h26,28,30-31,33-34,37,42-46,49,52-57,60-61H,16-25,27,29,32,35-36,38-41H2,1-15H3,(H,78,92)(H,79,90)(H,80,93)/t43-,44-,45-,52-,53-,54-,55-,56-,57-,60-,61-/m0/s1. The van der Waals surface area contributed by atoms with Gasteiger partial charge < -0.3 is 60.0 Å². The number of benzene rings is 1. The highest BCUT2D eigenvalue weighted by Gasteiger charge is 2.48. The first-order chi connectivity index (χ1) is 47.4. The van der Waals surface area contributed by atoms with Gasteiger partial charge in [-0.25, -0.2) is 0 Å². The number of halogens is 4. The average molecular weight is 1440 g/mol. The third-order valence-electron chi connectivity index (χ3n) is 21.1. The van der Waals surface area contributed by atoms with Gasteiger partial charge in [-0.15, -0.1) is 0 Å². The lowest BCUT2D eigenvalue weighted by Gasteiger charge is -2.45. The molecule has 2 aliphatic heterocycles. The van der Waals surface area contributed by atoms with Gasteiger partial charge in [0.2, 0.25) is 70.9 Å². The molecule has 1 aromatic heterocycles. The summed E-state index contributed by atoms with van der Waals surface area (Å²) in [5.74, 6) is -9.56. The minimum absolute atomic E-state index is 0.00188. The van der Waals surface area contributed by atoms with E-state index in [9.17, 15) is 51.5 Å². The summed E-state index contributed by atoms with van der Waals surface area (Å²) in [6, 6.07) is -6.58. The Kier molecular flexibility index (Phi) is 29.5. The molecular formula is C72H107ClF3N13O12. The van der Waals surface area contributed by atoms with Crippen molar-refractivity contribution in [3.8, 4) is 0 Å². The number of fused-ring (bicyclic) bond motifs is 1. The maximum Gasteiger partial charge on any atom is 0.417 e. The number of carbonyl (C=O) groups excluding carboxylic acids is 12. The molecule has 25 nitrogen and oxygen atoms in total. The van der Waals surface area contributed by atoms with Gasteiger partial charge in [-0.2, -0.15) is 13.2 Å². The van der Waals surface area contributed by atoms with Crippen LogP contribution in [0.25, 0.3) is 0 Å². The van der Waals surface area contributed by atoms with E-state index in [1.165, 1.54) is 125 Å². The number of rotatable bonds is 13. The first kappa shape index (κ1) is 82.0. The van der Waals surface area contributed by atoms with Gasteiger partial charge in [-0.1, -0.05) is 96.7 Å². The number of likely N-dealkylation sites (N-methyl/N-ethyl adjacent to an activating group) is 8. The Morgan fingerprint density at radius 2 is 1.26 bits per heavy atom. The summed E-state index contributed by atoms with van der Waals surface area (Å²) in [5, 5.41) is 7.78. The van der Waals surface area contributed by atoms with Crippen molar-refractivity contribution in [1.82, 2.24) is 65.0 Å². The molecule has 11 atom stereocenters. The van der Waals surface area contributed by atoms with Crippen LogP contribution in [-0.4, -0.2) is 257 Å². The highest BCUT2D eigenvalue weighted by molar-refractivity contribution is 6.31. The van der Waals surface area contributed by atoms with E-state index in [1.54, 1.807) is 19.1 Å². The highest BCUT2D eigenvalue weighted by atomic mass is 35.5. The van der Waals surface area contributed by atoms with Crippen LogP contribution in [0.5, 0.6) is 0 Å².